The third-order valence-electron chi connectivity index (χ3n) is 6.67. The molecule has 4 unspecified atom stereocenters. The lowest BCUT2D eigenvalue weighted by Gasteiger charge is -2.27. The van der Waals surface area contributed by atoms with Crippen LogP contribution in [0.2, 0.25) is 0 Å². The molecule has 6 nitrogen and oxygen atoms in total. The maximum atomic E-state index is 11.6. The number of ether oxygens (including phenoxy) is 4. The Hall–Kier alpha value is -3.28. The van der Waals surface area contributed by atoms with Crippen molar-refractivity contribution >= 4 is 22.7 Å². The molecule has 2 bridgehead atoms. The molecule has 0 heterocycles. The van der Waals surface area contributed by atoms with E-state index in [1.165, 1.54) is 11.1 Å². The molecule has 2 aliphatic rings. The second kappa shape index (κ2) is 9.92. The van der Waals surface area contributed by atoms with E-state index in [0.29, 0.717) is 11.8 Å². The van der Waals surface area contributed by atoms with E-state index in [9.17, 15) is 9.59 Å². The van der Waals surface area contributed by atoms with Crippen molar-refractivity contribution in [3.05, 3.63) is 60.2 Å². The van der Waals surface area contributed by atoms with E-state index in [0.717, 1.165) is 59.2 Å². The molecule has 0 N–H and O–H groups in total. The zero-order chi connectivity index (χ0) is 24.4. The van der Waals surface area contributed by atoms with Crippen molar-refractivity contribution in [2.24, 2.45) is 0 Å². The van der Waals surface area contributed by atoms with Crippen molar-refractivity contribution in [3.8, 4) is 11.5 Å². The largest absolute Gasteiger partial charge is 0.489 e. The van der Waals surface area contributed by atoms with Gasteiger partial charge in [-0.2, -0.15) is 0 Å². The van der Waals surface area contributed by atoms with Gasteiger partial charge in [0, 0.05) is 34.1 Å². The van der Waals surface area contributed by atoms with Gasteiger partial charge >= 0.3 is 11.9 Å². The van der Waals surface area contributed by atoms with E-state index in [-0.39, 0.29) is 13.2 Å². The Morgan fingerprint density at radius 1 is 0.941 bits per heavy atom. The summed E-state index contributed by atoms with van der Waals surface area (Å²) in [6, 6.07) is 6.14. The smallest absolute Gasteiger partial charge is 0.330 e. The van der Waals surface area contributed by atoms with Gasteiger partial charge in [0.2, 0.25) is 0 Å². The lowest BCUT2D eigenvalue weighted by molar-refractivity contribution is -0.144. The first-order valence-corrected chi connectivity index (χ1v) is 11.8. The molecule has 2 aliphatic carbocycles. The molecule has 0 aromatic heterocycles. The van der Waals surface area contributed by atoms with Gasteiger partial charge in [-0.05, 0) is 57.4 Å². The molecule has 6 heteroatoms. The number of carbonyl (C=O) groups is 2. The quantitative estimate of drug-likeness (QED) is 0.341. The van der Waals surface area contributed by atoms with Crippen molar-refractivity contribution in [1.82, 2.24) is 0 Å². The molecule has 0 spiro atoms. The number of benzene rings is 2. The molecule has 0 saturated heterocycles. The molecule has 0 aliphatic heterocycles. The predicted octanol–water partition coefficient (Wildman–Crippen LogP) is 5.51. The average Bonchev–Trinajstić information content (AvgIpc) is 3.43. The van der Waals surface area contributed by atoms with E-state index in [4.69, 9.17) is 18.9 Å². The second-order valence-electron chi connectivity index (χ2n) is 9.22. The van der Waals surface area contributed by atoms with Crippen LogP contribution in [-0.4, -0.2) is 37.4 Å². The van der Waals surface area contributed by atoms with Gasteiger partial charge in [-0.3, -0.25) is 0 Å². The zero-order valence-electron chi connectivity index (χ0n) is 20.1. The highest BCUT2D eigenvalue weighted by atomic mass is 16.6. The molecule has 34 heavy (non-hydrogen) atoms. The zero-order valence-corrected chi connectivity index (χ0v) is 20.1. The predicted molar refractivity (Wildman–Crippen MR) is 131 cm³/mol. The Kier molecular flexibility index (Phi) is 6.96. The molecule has 180 valence electrons. The first-order valence-electron chi connectivity index (χ1n) is 11.8. The summed E-state index contributed by atoms with van der Waals surface area (Å²) in [6.07, 6.45) is 4.83. The third kappa shape index (κ3) is 4.54. The number of carbonyl (C=O) groups excluding carboxylic acids is 2. The molecule has 2 aromatic carbocycles. The highest BCUT2D eigenvalue weighted by Gasteiger charge is 2.43. The highest BCUT2D eigenvalue weighted by molar-refractivity contribution is 5.99. The van der Waals surface area contributed by atoms with Crippen molar-refractivity contribution in [3.63, 3.8) is 0 Å². The standard InChI is InChI=1S/C28H32O6/c1-6-22(29)33-17(4)14-31-27-21-10-8-9-16(3)24(21)28(32-15-18(5)34-23(30)7-2)26-20-12-11-19(13-20)25(26)27/h6-10,17-20H,1-2,11-15H2,3-5H3. The van der Waals surface area contributed by atoms with Crippen LogP contribution in [0.4, 0.5) is 0 Å². The number of aryl methyl sites for hydroxylation is 1. The first-order chi connectivity index (χ1) is 16.3. The van der Waals surface area contributed by atoms with Gasteiger partial charge in [0.05, 0.1) is 0 Å². The summed E-state index contributed by atoms with van der Waals surface area (Å²) in [4.78, 5) is 23.2. The maximum Gasteiger partial charge on any atom is 0.330 e. The van der Waals surface area contributed by atoms with Crippen LogP contribution in [0.25, 0.3) is 10.8 Å². The van der Waals surface area contributed by atoms with E-state index in [1.54, 1.807) is 0 Å². The van der Waals surface area contributed by atoms with Crippen molar-refractivity contribution in [2.75, 3.05) is 13.2 Å². The summed E-state index contributed by atoms with van der Waals surface area (Å²) < 4.78 is 23.4. The van der Waals surface area contributed by atoms with Crippen molar-refractivity contribution in [2.45, 2.75) is 64.1 Å². The molecule has 2 aromatic rings. The SMILES string of the molecule is C=CC(=O)OC(C)COc1c2c(c(OCC(C)OC(=O)C=C)c3c(C)cccc13)C1CCC2C1. The number of fused-ring (bicyclic) bond motifs is 6. The monoisotopic (exact) mass is 464 g/mol. The summed E-state index contributed by atoms with van der Waals surface area (Å²) in [6.45, 7) is 13.1. The lowest BCUT2D eigenvalue weighted by atomic mass is 9.86. The normalized spacial score (nSPS) is 19.7. The lowest BCUT2D eigenvalue weighted by Crippen LogP contribution is -2.23. The maximum absolute atomic E-state index is 11.6. The Morgan fingerprint density at radius 2 is 1.47 bits per heavy atom. The Bertz CT molecular complexity index is 1130. The minimum Gasteiger partial charge on any atom is -0.489 e. The van der Waals surface area contributed by atoms with Crippen LogP contribution in [0.5, 0.6) is 11.5 Å². The van der Waals surface area contributed by atoms with Gasteiger partial charge in [-0.15, -0.1) is 0 Å². The molecule has 1 fully saturated rings. The molecular formula is C28H32O6. The fraction of sp³-hybridized carbons (Fsp3) is 0.429. The first kappa shape index (κ1) is 23.9. The molecule has 4 atom stereocenters. The highest BCUT2D eigenvalue weighted by Crippen LogP contribution is 2.61. The van der Waals surface area contributed by atoms with Crippen LogP contribution in [0.15, 0.2) is 43.5 Å². The minimum atomic E-state index is -0.462. The summed E-state index contributed by atoms with van der Waals surface area (Å²) in [5, 5.41) is 2.00. The topological polar surface area (TPSA) is 71.1 Å². The van der Waals surface area contributed by atoms with Gasteiger partial charge in [0.15, 0.2) is 0 Å². The van der Waals surface area contributed by atoms with Crippen LogP contribution < -0.4 is 9.47 Å². The minimum absolute atomic E-state index is 0.251. The fourth-order valence-electron chi connectivity index (χ4n) is 5.27. The molecule has 1 saturated carbocycles. The van der Waals surface area contributed by atoms with Gasteiger partial charge in [-0.1, -0.05) is 31.4 Å². The van der Waals surface area contributed by atoms with Gasteiger partial charge < -0.3 is 18.9 Å². The number of rotatable bonds is 10. The third-order valence-corrected chi connectivity index (χ3v) is 6.67. The van der Waals surface area contributed by atoms with Crippen LogP contribution in [0.3, 0.4) is 0 Å². The fourth-order valence-corrected chi connectivity index (χ4v) is 5.27. The summed E-state index contributed by atoms with van der Waals surface area (Å²) in [5.74, 6) is 1.65. The van der Waals surface area contributed by atoms with Crippen molar-refractivity contribution < 1.29 is 28.5 Å². The molecule has 0 radical (unpaired) electrons. The van der Waals surface area contributed by atoms with E-state index in [1.807, 2.05) is 19.9 Å². The number of hydrogen-bond donors (Lipinski definition) is 0. The summed E-state index contributed by atoms with van der Waals surface area (Å²) in [5.41, 5.74) is 3.51. The van der Waals surface area contributed by atoms with Crippen LogP contribution in [-0.2, 0) is 19.1 Å². The molecule has 0 amide bonds. The van der Waals surface area contributed by atoms with E-state index in [2.05, 4.69) is 32.2 Å². The van der Waals surface area contributed by atoms with Gasteiger partial charge in [0.25, 0.3) is 0 Å². The Balaban J connectivity index is 1.73. The van der Waals surface area contributed by atoms with Gasteiger partial charge in [0.1, 0.15) is 36.9 Å². The summed E-state index contributed by atoms with van der Waals surface area (Å²) in [7, 11) is 0. The Labute approximate surface area is 200 Å². The van der Waals surface area contributed by atoms with E-state index < -0.39 is 24.1 Å². The van der Waals surface area contributed by atoms with Crippen LogP contribution in [0, 0.1) is 6.92 Å². The molecule has 4 rings (SSSR count). The van der Waals surface area contributed by atoms with Gasteiger partial charge in [-0.25, -0.2) is 9.59 Å². The Morgan fingerprint density at radius 3 is 2.03 bits per heavy atom. The second-order valence-corrected chi connectivity index (χ2v) is 9.22. The molecular weight excluding hydrogens is 432 g/mol. The number of hydrogen-bond acceptors (Lipinski definition) is 6. The number of esters is 2. The summed E-state index contributed by atoms with van der Waals surface area (Å²) >= 11 is 0. The van der Waals surface area contributed by atoms with E-state index >= 15 is 0 Å². The van der Waals surface area contributed by atoms with Crippen LogP contribution in [0.1, 0.15) is 61.6 Å². The van der Waals surface area contributed by atoms with Crippen molar-refractivity contribution in [1.29, 1.82) is 0 Å². The van der Waals surface area contributed by atoms with Crippen LogP contribution >= 0.6 is 0 Å². The average molecular weight is 465 g/mol.